The number of nitrogens with one attached hydrogen (secondary N) is 1. The number of hydrogen-bond donors (Lipinski definition) is 1. The average molecular weight is 224 g/mol. The molecule has 1 aromatic carbocycles. The first-order valence-electron chi connectivity index (χ1n) is 4.75. The van der Waals surface area contributed by atoms with Gasteiger partial charge in [-0.3, -0.25) is 9.36 Å². The van der Waals surface area contributed by atoms with Crippen LogP contribution in [0.3, 0.4) is 0 Å². The van der Waals surface area contributed by atoms with E-state index >= 15 is 0 Å². The predicted octanol–water partition coefficient (Wildman–Crippen LogP) is 2.40. The molecule has 16 heavy (non-hydrogen) atoms. The fourth-order valence-electron chi connectivity index (χ4n) is 1.69. The fraction of sp³-hybridized carbons (Fsp3) is 0.182. The van der Waals surface area contributed by atoms with Crippen molar-refractivity contribution in [3.8, 4) is 0 Å². The van der Waals surface area contributed by atoms with Gasteiger partial charge in [-0.1, -0.05) is 18.2 Å². The number of amides is 1. The lowest BCUT2D eigenvalue weighted by atomic mass is 10.2. The zero-order chi connectivity index (χ0) is 11.7. The minimum atomic E-state index is -2.73. The highest BCUT2D eigenvalue weighted by atomic mass is 19.3. The van der Waals surface area contributed by atoms with Gasteiger partial charge in [0, 0.05) is 12.4 Å². The maximum atomic E-state index is 12.9. The second kappa shape index (κ2) is 3.92. The van der Waals surface area contributed by atoms with Crippen molar-refractivity contribution in [2.24, 2.45) is 0 Å². The third-order valence-corrected chi connectivity index (χ3v) is 2.40. The molecule has 2 rings (SSSR count). The number of aromatic nitrogens is 1. The Bertz CT molecular complexity index is 534. The zero-order valence-corrected chi connectivity index (χ0v) is 8.58. The Kier molecular flexibility index (Phi) is 2.60. The highest BCUT2D eigenvalue weighted by Gasteiger charge is 2.19. The van der Waals surface area contributed by atoms with Gasteiger partial charge in [-0.15, -0.1) is 0 Å². The standard InChI is InChI=1S/C11H10F2N2O/c1-14-10(16)9-6-7-4-2-3-5-8(7)15(9)11(12)13/h2-6,11H,1H3,(H,14,16). The Balaban J connectivity index is 2.73. The number of carbonyl (C=O) groups excluding carboxylic acids is 1. The highest BCUT2D eigenvalue weighted by molar-refractivity contribution is 5.98. The van der Waals surface area contributed by atoms with Crippen molar-refractivity contribution in [2.45, 2.75) is 6.55 Å². The summed E-state index contributed by atoms with van der Waals surface area (Å²) in [4.78, 5) is 11.4. The van der Waals surface area contributed by atoms with Gasteiger partial charge >= 0.3 is 6.55 Å². The van der Waals surface area contributed by atoms with Crippen molar-refractivity contribution in [1.29, 1.82) is 0 Å². The molecule has 1 amide bonds. The van der Waals surface area contributed by atoms with Crippen LogP contribution in [-0.4, -0.2) is 17.5 Å². The van der Waals surface area contributed by atoms with Gasteiger partial charge in [0.25, 0.3) is 5.91 Å². The maximum absolute atomic E-state index is 12.9. The lowest BCUT2D eigenvalue weighted by molar-refractivity contribution is 0.0676. The number of halogens is 2. The second-order valence-corrected chi connectivity index (χ2v) is 3.32. The number of rotatable bonds is 2. The summed E-state index contributed by atoms with van der Waals surface area (Å²) in [7, 11) is 1.41. The molecular weight excluding hydrogens is 214 g/mol. The SMILES string of the molecule is CNC(=O)c1cc2ccccc2n1C(F)F. The van der Waals surface area contributed by atoms with E-state index in [1.54, 1.807) is 24.3 Å². The molecule has 0 unspecified atom stereocenters. The maximum Gasteiger partial charge on any atom is 0.319 e. The summed E-state index contributed by atoms with van der Waals surface area (Å²) in [5.41, 5.74) is 0.329. The van der Waals surface area contributed by atoms with Gasteiger partial charge in [0.05, 0.1) is 5.52 Å². The van der Waals surface area contributed by atoms with E-state index in [-0.39, 0.29) is 5.69 Å². The summed E-state index contributed by atoms with van der Waals surface area (Å²) in [5.74, 6) is -0.517. The number of nitrogens with zero attached hydrogens (tertiary/aromatic N) is 1. The van der Waals surface area contributed by atoms with E-state index in [1.807, 2.05) is 0 Å². The Labute approximate surface area is 90.7 Å². The summed E-state index contributed by atoms with van der Waals surface area (Å²) < 4.78 is 26.5. The van der Waals surface area contributed by atoms with Crippen molar-refractivity contribution >= 4 is 16.8 Å². The first-order valence-corrected chi connectivity index (χ1v) is 4.75. The Morgan fingerprint density at radius 3 is 2.69 bits per heavy atom. The van der Waals surface area contributed by atoms with Gasteiger partial charge in [0.1, 0.15) is 5.69 Å². The van der Waals surface area contributed by atoms with Crippen LogP contribution in [0.25, 0.3) is 10.9 Å². The largest absolute Gasteiger partial charge is 0.354 e. The smallest absolute Gasteiger partial charge is 0.319 e. The number of para-hydroxylation sites is 1. The number of fused-ring (bicyclic) bond motifs is 1. The zero-order valence-electron chi connectivity index (χ0n) is 8.58. The van der Waals surface area contributed by atoms with Gasteiger partial charge in [-0.2, -0.15) is 8.78 Å². The van der Waals surface area contributed by atoms with Crippen LogP contribution < -0.4 is 5.32 Å². The van der Waals surface area contributed by atoms with Crippen LogP contribution in [0.15, 0.2) is 30.3 Å². The van der Waals surface area contributed by atoms with Crippen LogP contribution in [0.5, 0.6) is 0 Å². The molecular formula is C11H10F2N2O. The highest BCUT2D eigenvalue weighted by Crippen LogP contribution is 2.25. The normalized spacial score (nSPS) is 11.0. The van der Waals surface area contributed by atoms with Crippen molar-refractivity contribution in [1.82, 2.24) is 9.88 Å². The summed E-state index contributed by atoms with van der Waals surface area (Å²) in [6.07, 6.45) is 0. The molecule has 0 radical (unpaired) electrons. The summed E-state index contributed by atoms with van der Waals surface area (Å²) in [6.45, 7) is -2.73. The van der Waals surface area contributed by atoms with Crippen LogP contribution in [0.4, 0.5) is 8.78 Å². The van der Waals surface area contributed by atoms with E-state index in [2.05, 4.69) is 5.32 Å². The predicted molar refractivity (Wildman–Crippen MR) is 56.6 cm³/mol. The second-order valence-electron chi connectivity index (χ2n) is 3.32. The van der Waals surface area contributed by atoms with E-state index in [0.29, 0.717) is 10.9 Å². The minimum absolute atomic E-state index is 0.0290. The molecule has 0 atom stereocenters. The van der Waals surface area contributed by atoms with Gasteiger partial charge < -0.3 is 5.32 Å². The monoisotopic (exact) mass is 224 g/mol. The molecule has 3 nitrogen and oxygen atoms in total. The Hall–Kier alpha value is -1.91. The minimum Gasteiger partial charge on any atom is -0.354 e. The molecule has 0 fully saturated rings. The van der Waals surface area contributed by atoms with E-state index in [4.69, 9.17) is 0 Å². The van der Waals surface area contributed by atoms with E-state index in [1.165, 1.54) is 13.1 Å². The van der Waals surface area contributed by atoms with Crippen LogP contribution in [0, 0.1) is 0 Å². The average Bonchev–Trinajstić information content (AvgIpc) is 2.67. The molecule has 0 aliphatic heterocycles. The Morgan fingerprint density at radius 1 is 1.38 bits per heavy atom. The third kappa shape index (κ3) is 1.54. The van der Waals surface area contributed by atoms with Crippen LogP contribution >= 0.6 is 0 Å². The summed E-state index contributed by atoms with van der Waals surface area (Å²) in [6, 6.07) is 8.12. The number of benzene rings is 1. The molecule has 1 heterocycles. The number of hydrogen-bond acceptors (Lipinski definition) is 1. The summed E-state index contributed by atoms with van der Waals surface area (Å²) >= 11 is 0. The molecule has 0 spiro atoms. The molecule has 5 heteroatoms. The van der Waals surface area contributed by atoms with Gasteiger partial charge in [0.2, 0.25) is 0 Å². The molecule has 2 aromatic rings. The van der Waals surface area contributed by atoms with E-state index in [0.717, 1.165) is 4.57 Å². The molecule has 0 aliphatic carbocycles. The lowest BCUT2D eigenvalue weighted by Gasteiger charge is -2.07. The van der Waals surface area contributed by atoms with E-state index in [9.17, 15) is 13.6 Å². The Morgan fingerprint density at radius 2 is 2.06 bits per heavy atom. The third-order valence-electron chi connectivity index (χ3n) is 2.40. The van der Waals surface area contributed by atoms with Crippen molar-refractivity contribution in [3.05, 3.63) is 36.0 Å². The quantitative estimate of drug-likeness (QED) is 0.835. The molecule has 1 aromatic heterocycles. The van der Waals surface area contributed by atoms with Crippen molar-refractivity contribution < 1.29 is 13.6 Å². The molecule has 0 saturated carbocycles. The van der Waals surface area contributed by atoms with Crippen LogP contribution in [0.2, 0.25) is 0 Å². The van der Waals surface area contributed by atoms with Crippen molar-refractivity contribution in [3.63, 3.8) is 0 Å². The first kappa shape index (κ1) is 10.6. The number of carbonyl (C=O) groups is 1. The van der Waals surface area contributed by atoms with Crippen LogP contribution in [-0.2, 0) is 0 Å². The molecule has 0 aliphatic rings. The van der Waals surface area contributed by atoms with Crippen LogP contribution in [0.1, 0.15) is 17.0 Å². The van der Waals surface area contributed by atoms with Gasteiger partial charge in [-0.25, -0.2) is 0 Å². The molecule has 1 N–H and O–H groups in total. The fourth-order valence-corrected chi connectivity index (χ4v) is 1.69. The van der Waals surface area contributed by atoms with Gasteiger partial charge in [0.15, 0.2) is 0 Å². The van der Waals surface area contributed by atoms with E-state index < -0.39 is 12.5 Å². The molecule has 0 bridgehead atoms. The molecule has 0 saturated heterocycles. The van der Waals surface area contributed by atoms with Crippen molar-refractivity contribution in [2.75, 3.05) is 7.05 Å². The number of alkyl halides is 2. The topological polar surface area (TPSA) is 34.0 Å². The first-order chi connectivity index (χ1) is 7.65. The lowest BCUT2D eigenvalue weighted by Crippen LogP contribution is -2.21. The summed E-state index contributed by atoms with van der Waals surface area (Å²) in [5, 5.41) is 2.97. The van der Waals surface area contributed by atoms with Gasteiger partial charge in [-0.05, 0) is 12.1 Å². The molecule has 84 valence electrons.